The first-order valence-electron chi connectivity index (χ1n) is 8.03. The standard InChI is InChI=1S/C17H23N3O2S2/c1-13-4-5-14(2)16(10-13)20-8-7-19(17(20)23)12-18(3)15-6-9-24(21,22)11-15/h4-5,7-8,10,15H,6,9,11-12H2,1-3H3. The second kappa shape index (κ2) is 6.46. The fraction of sp³-hybridized carbons (Fsp3) is 0.471. The van der Waals surface area contributed by atoms with Crippen LogP contribution in [0.4, 0.5) is 0 Å². The highest BCUT2D eigenvalue weighted by atomic mass is 32.2. The zero-order valence-corrected chi connectivity index (χ0v) is 15.9. The minimum absolute atomic E-state index is 0.0703. The van der Waals surface area contributed by atoms with Crippen LogP contribution in [0.1, 0.15) is 17.5 Å². The molecule has 1 aromatic heterocycles. The molecule has 0 aliphatic carbocycles. The average Bonchev–Trinajstić information content (AvgIpc) is 3.05. The molecule has 1 aliphatic rings. The zero-order chi connectivity index (χ0) is 17.5. The van der Waals surface area contributed by atoms with E-state index in [9.17, 15) is 8.42 Å². The van der Waals surface area contributed by atoms with Crippen molar-refractivity contribution in [3.63, 3.8) is 0 Å². The van der Waals surface area contributed by atoms with Crippen LogP contribution < -0.4 is 0 Å². The van der Waals surface area contributed by atoms with E-state index in [2.05, 4.69) is 36.9 Å². The molecule has 1 aliphatic heterocycles. The van der Waals surface area contributed by atoms with E-state index in [1.54, 1.807) is 0 Å². The number of imidazole rings is 1. The van der Waals surface area contributed by atoms with Crippen LogP contribution >= 0.6 is 12.2 Å². The molecule has 3 rings (SSSR count). The largest absolute Gasteiger partial charge is 0.310 e. The lowest BCUT2D eigenvalue weighted by Gasteiger charge is -2.23. The van der Waals surface area contributed by atoms with Crippen molar-refractivity contribution in [3.8, 4) is 5.69 Å². The van der Waals surface area contributed by atoms with Gasteiger partial charge in [-0.3, -0.25) is 9.47 Å². The summed E-state index contributed by atoms with van der Waals surface area (Å²) in [6.45, 7) is 4.73. The van der Waals surface area contributed by atoms with Gasteiger partial charge >= 0.3 is 0 Å². The summed E-state index contributed by atoms with van der Waals surface area (Å²) < 4.78 is 28.0. The van der Waals surface area contributed by atoms with Crippen LogP contribution in [-0.4, -0.2) is 47.0 Å². The Morgan fingerprint density at radius 2 is 2.04 bits per heavy atom. The summed E-state index contributed by atoms with van der Waals surface area (Å²) in [5.74, 6) is 0.533. The molecule has 2 heterocycles. The predicted octanol–water partition coefficient (Wildman–Crippen LogP) is 2.70. The second-order valence-electron chi connectivity index (χ2n) is 6.67. The molecule has 0 bridgehead atoms. The number of hydrogen-bond acceptors (Lipinski definition) is 4. The number of benzene rings is 1. The van der Waals surface area contributed by atoms with E-state index in [1.807, 2.05) is 28.6 Å². The van der Waals surface area contributed by atoms with Gasteiger partial charge in [0.2, 0.25) is 0 Å². The van der Waals surface area contributed by atoms with Crippen molar-refractivity contribution in [1.82, 2.24) is 14.0 Å². The highest BCUT2D eigenvalue weighted by Crippen LogP contribution is 2.19. The molecule has 7 heteroatoms. The summed E-state index contributed by atoms with van der Waals surface area (Å²) in [5, 5.41) is 0. The van der Waals surface area contributed by atoms with Gasteiger partial charge in [-0.2, -0.15) is 0 Å². The van der Waals surface area contributed by atoms with E-state index in [0.717, 1.165) is 10.5 Å². The molecule has 24 heavy (non-hydrogen) atoms. The third kappa shape index (κ3) is 3.48. The number of aryl methyl sites for hydroxylation is 2. The number of rotatable bonds is 4. The summed E-state index contributed by atoms with van der Waals surface area (Å²) in [5.41, 5.74) is 3.45. The highest BCUT2D eigenvalue weighted by molar-refractivity contribution is 7.91. The smallest absolute Gasteiger partial charge is 0.185 e. The van der Waals surface area contributed by atoms with Crippen molar-refractivity contribution >= 4 is 22.1 Å². The summed E-state index contributed by atoms with van der Waals surface area (Å²) in [7, 11) is -0.912. The summed E-state index contributed by atoms with van der Waals surface area (Å²) in [6, 6.07) is 6.39. The predicted molar refractivity (Wildman–Crippen MR) is 98.9 cm³/mol. The van der Waals surface area contributed by atoms with Crippen LogP contribution in [0, 0.1) is 18.6 Å². The average molecular weight is 366 g/mol. The van der Waals surface area contributed by atoms with E-state index < -0.39 is 9.84 Å². The van der Waals surface area contributed by atoms with Crippen molar-refractivity contribution in [2.75, 3.05) is 18.6 Å². The van der Waals surface area contributed by atoms with Crippen molar-refractivity contribution in [2.45, 2.75) is 33.0 Å². The maximum absolute atomic E-state index is 11.7. The highest BCUT2D eigenvalue weighted by Gasteiger charge is 2.30. The van der Waals surface area contributed by atoms with Crippen LogP contribution in [0.15, 0.2) is 30.6 Å². The van der Waals surface area contributed by atoms with Crippen molar-refractivity contribution in [2.24, 2.45) is 0 Å². The fourth-order valence-electron chi connectivity index (χ4n) is 3.16. The van der Waals surface area contributed by atoms with Crippen molar-refractivity contribution in [1.29, 1.82) is 0 Å². The first kappa shape index (κ1) is 17.4. The third-order valence-corrected chi connectivity index (χ3v) is 6.86. The van der Waals surface area contributed by atoms with Gasteiger partial charge < -0.3 is 4.57 Å². The Bertz CT molecular complexity index is 912. The van der Waals surface area contributed by atoms with Crippen LogP contribution in [0.2, 0.25) is 0 Å². The lowest BCUT2D eigenvalue weighted by molar-refractivity contribution is 0.207. The van der Waals surface area contributed by atoms with Gasteiger partial charge in [0.05, 0.1) is 23.9 Å². The van der Waals surface area contributed by atoms with Gasteiger partial charge in [0.25, 0.3) is 0 Å². The molecular weight excluding hydrogens is 342 g/mol. The minimum atomic E-state index is -2.87. The van der Waals surface area contributed by atoms with E-state index in [0.29, 0.717) is 13.1 Å². The lowest BCUT2D eigenvalue weighted by Crippen LogP contribution is -2.34. The number of hydrogen-bond donors (Lipinski definition) is 0. The first-order valence-corrected chi connectivity index (χ1v) is 10.3. The normalized spacial score (nSPS) is 19.9. The quantitative estimate of drug-likeness (QED) is 0.782. The Kier molecular flexibility index (Phi) is 4.68. The van der Waals surface area contributed by atoms with E-state index in [-0.39, 0.29) is 17.5 Å². The second-order valence-corrected chi connectivity index (χ2v) is 9.26. The fourth-order valence-corrected chi connectivity index (χ4v) is 5.24. The lowest BCUT2D eigenvalue weighted by atomic mass is 10.1. The Labute approximate surface area is 148 Å². The number of aromatic nitrogens is 2. The number of nitrogens with zero attached hydrogens (tertiary/aromatic N) is 3. The topological polar surface area (TPSA) is 47.2 Å². The molecule has 130 valence electrons. The van der Waals surface area contributed by atoms with E-state index in [4.69, 9.17) is 12.2 Å². The SMILES string of the molecule is Cc1ccc(C)c(-n2ccn(CN(C)C3CCS(=O)(=O)C3)c2=S)c1. The molecule has 1 fully saturated rings. The molecule has 1 unspecified atom stereocenters. The Balaban J connectivity index is 1.83. The van der Waals surface area contributed by atoms with Crippen LogP contribution in [0.3, 0.4) is 0 Å². The van der Waals surface area contributed by atoms with Gasteiger partial charge in [0.15, 0.2) is 14.6 Å². The molecule has 1 aromatic carbocycles. The van der Waals surface area contributed by atoms with Crippen LogP contribution in [-0.2, 0) is 16.5 Å². The molecule has 0 amide bonds. The molecule has 5 nitrogen and oxygen atoms in total. The van der Waals surface area contributed by atoms with E-state index in [1.165, 1.54) is 11.1 Å². The molecule has 0 N–H and O–H groups in total. The Morgan fingerprint density at radius 3 is 2.71 bits per heavy atom. The molecule has 0 spiro atoms. The van der Waals surface area contributed by atoms with Gasteiger partial charge in [0, 0.05) is 18.4 Å². The summed E-state index contributed by atoms with van der Waals surface area (Å²) in [6.07, 6.45) is 4.64. The molecular formula is C17H23N3O2S2. The third-order valence-electron chi connectivity index (χ3n) is 4.68. The van der Waals surface area contributed by atoms with Crippen molar-refractivity contribution in [3.05, 3.63) is 46.5 Å². The monoisotopic (exact) mass is 365 g/mol. The Morgan fingerprint density at radius 1 is 1.29 bits per heavy atom. The first-order chi connectivity index (χ1) is 11.3. The summed E-state index contributed by atoms with van der Waals surface area (Å²) in [4.78, 5) is 2.08. The molecule has 0 saturated carbocycles. The molecule has 1 atom stereocenters. The van der Waals surface area contributed by atoms with Crippen LogP contribution in [0.5, 0.6) is 0 Å². The van der Waals surface area contributed by atoms with Gasteiger partial charge in [-0.05, 0) is 56.7 Å². The number of sulfone groups is 1. The van der Waals surface area contributed by atoms with E-state index >= 15 is 0 Å². The minimum Gasteiger partial charge on any atom is -0.310 e. The van der Waals surface area contributed by atoms with Crippen molar-refractivity contribution < 1.29 is 8.42 Å². The summed E-state index contributed by atoms with van der Waals surface area (Å²) >= 11 is 5.63. The maximum atomic E-state index is 11.7. The van der Waals surface area contributed by atoms with Gasteiger partial charge in [-0.1, -0.05) is 12.1 Å². The van der Waals surface area contributed by atoms with Gasteiger partial charge in [0.1, 0.15) is 0 Å². The maximum Gasteiger partial charge on any atom is 0.185 e. The zero-order valence-electron chi connectivity index (χ0n) is 14.3. The molecule has 2 aromatic rings. The van der Waals surface area contributed by atoms with Gasteiger partial charge in [-0.25, -0.2) is 8.42 Å². The van der Waals surface area contributed by atoms with Crippen LogP contribution in [0.25, 0.3) is 5.69 Å². The molecule has 0 radical (unpaired) electrons. The van der Waals surface area contributed by atoms with Gasteiger partial charge in [-0.15, -0.1) is 0 Å². The Hall–Kier alpha value is -1.44. The molecule has 1 saturated heterocycles.